The number of hydrogen-bond acceptors (Lipinski definition) is 7. The predicted octanol–water partition coefficient (Wildman–Crippen LogP) is 4.74. The van der Waals surface area contributed by atoms with Gasteiger partial charge in [0.25, 0.3) is 11.2 Å². The molecule has 1 atom stereocenters. The number of non-ortho nitro benzene ring substituents is 1. The number of aromatic nitrogens is 2. The van der Waals surface area contributed by atoms with Crippen LogP contribution in [0.3, 0.4) is 0 Å². The first-order chi connectivity index (χ1) is 14.5. The van der Waals surface area contributed by atoms with Crippen molar-refractivity contribution >= 4 is 39.0 Å². The maximum atomic E-state index is 13.4. The molecule has 0 fully saturated rings. The van der Waals surface area contributed by atoms with E-state index < -0.39 is 4.92 Å². The zero-order valence-electron chi connectivity index (χ0n) is 16.9. The fraction of sp³-hybridized carbons (Fsp3) is 0.429. The van der Waals surface area contributed by atoms with Gasteiger partial charge in [-0.15, -0.1) is 11.3 Å². The molecule has 1 unspecified atom stereocenters. The molecular weight excluding hydrogens is 422 g/mol. The number of benzene rings is 1. The van der Waals surface area contributed by atoms with Gasteiger partial charge in [-0.25, -0.2) is 4.98 Å². The first-order valence-corrected chi connectivity index (χ1v) is 11.6. The fourth-order valence-corrected chi connectivity index (χ4v) is 6.16. The van der Waals surface area contributed by atoms with Gasteiger partial charge in [-0.2, -0.15) is 0 Å². The summed E-state index contributed by atoms with van der Waals surface area (Å²) in [5.41, 5.74) is 2.05. The van der Waals surface area contributed by atoms with Crippen LogP contribution in [0.1, 0.15) is 41.0 Å². The zero-order valence-corrected chi connectivity index (χ0v) is 18.6. The van der Waals surface area contributed by atoms with Gasteiger partial charge in [0.05, 0.1) is 23.5 Å². The van der Waals surface area contributed by atoms with Crippen LogP contribution in [0.15, 0.2) is 34.2 Å². The quantitative estimate of drug-likeness (QED) is 0.226. The van der Waals surface area contributed by atoms with Crippen LogP contribution in [0.5, 0.6) is 0 Å². The van der Waals surface area contributed by atoms with Crippen molar-refractivity contribution in [3.05, 3.63) is 60.7 Å². The zero-order chi connectivity index (χ0) is 21.3. The summed E-state index contributed by atoms with van der Waals surface area (Å²) < 4.78 is 6.92. The van der Waals surface area contributed by atoms with E-state index in [-0.39, 0.29) is 16.5 Å². The van der Waals surface area contributed by atoms with Crippen molar-refractivity contribution in [2.45, 2.75) is 49.6 Å². The number of rotatable bonds is 7. The van der Waals surface area contributed by atoms with Crippen LogP contribution in [-0.2, 0) is 24.1 Å². The van der Waals surface area contributed by atoms with E-state index in [0.717, 1.165) is 41.5 Å². The molecule has 7 nitrogen and oxygen atoms in total. The number of nitrogens with zero attached hydrogens (tertiary/aromatic N) is 3. The van der Waals surface area contributed by atoms with Crippen LogP contribution < -0.4 is 5.56 Å². The highest BCUT2D eigenvalue weighted by molar-refractivity contribution is 7.99. The number of nitro benzene ring substituents is 1. The number of aryl methyl sites for hydroxylation is 2. The summed E-state index contributed by atoms with van der Waals surface area (Å²) in [6.07, 6.45) is 4.22. The Labute approximate surface area is 182 Å². The summed E-state index contributed by atoms with van der Waals surface area (Å²) in [5, 5.41) is 12.4. The lowest BCUT2D eigenvalue weighted by molar-refractivity contribution is -0.384. The summed E-state index contributed by atoms with van der Waals surface area (Å²) in [6, 6.07) is 6.62. The van der Waals surface area contributed by atoms with Crippen LogP contribution in [-0.4, -0.2) is 28.2 Å². The van der Waals surface area contributed by atoms with Gasteiger partial charge in [0.1, 0.15) is 4.83 Å². The highest BCUT2D eigenvalue weighted by atomic mass is 32.2. The molecule has 0 aliphatic heterocycles. The molecule has 4 rings (SSSR count). The lowest BCUT2D eigenvalue weighted by atomic mass is 9.97. The monoisotopic (exact) mass is 445 g/mol. The first-order valence-electron chi connectivity index (χ1n) is 9.94. The first kappa shape index (κ1) is 21.0. The van der Waals surface area contributed by atoms with E-state index in [1.54, 1.807) is 35.1 Å². The van der Waals surface area contributed by atoms with Crippen molar-refractivity contribution in [1.29, 1.82) is 0 Å². The molecule has 0 amide bonds. The number of methoxy groups -OCH3 is 1. The summed E-state index contributed by atoms with van der Waals surface area (Å²) in [6.45, 7) is 2.81. The smallest absolute Gasteiger partial charge is 0.269 e. The Bertz CT molecular complexity index is 1160. The second-order valence-corrected chi connectivity index (χ2v) is 9.74. The summed E-state index contributed by atoms with van der Waals surface area (Å²) >= 11 is 3.08. The van der Waals surface area contributed by atoms with E-state index in [0.29, 0.717) is 18.3 Å². The molecule has 0 radical (unpaired) electrons. The van der Waals surface area contributed by atoms with Crippen LogP contribution in [0.2, 0.25) is 0 Å². The average molecular weight is 446 g/mol. The van der Waals surface area contributed by atoms with Crippen LogP contribution in [0, 0.1) is 10.1 Å². The Kier molecular flexibility index (Phi) is 6.21. The summed E-state index contributed by atoms with van der Waals surface area (Å²) in [4.78, 5) is 31.1. The Morgan fingerprint density at radius 1 is 1.37 bits per heavy atom. The fourth-order valence-electron chi connectivity index (χ4n) is 3.81. The topological polar surface area (TPSA) is 87.3 Å². The number of thioether (sulfide) groups is 1. The maximum Gasteiger partial charge on any atom is 0.269 e. The average Bonchev–Trinajstić information content (AvgIpc) is 3.12. The van der Waals surface area contributed by atoms with Crippen molar-refractivity contribution < 1.29 is 9.66 Å². The molecule has 0 saturated heterocycles. The number of ether oxygens (including phenoxy) is 1. The molecular formula is C21H23N3O4S2. The van der Waals surface area contributed by atoms with Gasteiger partial charge < -0.3 is 4.74 Å². The number of nitro groups is 1. The maximum absolute atomic E-state index is 13.4. The molecule has 1 aliphatic rings. The standard InChI is InChI=1S/C21H23N3O4S2/c1-13(14-6-5-7-15(12-14)24(26)27)29-21-22-19-18(20(25)23(21)10-11-28-2)16-8-3-4-9-17(16)30-19/h5-7,12-13H,3-4,8-11H2,1-2H3. The van der Waals surface area contributed by atoms with Crippen molar-refractivity contribution in [3.63, 3.8) is 0 Å². The van der Waals surface area contributed by atoms with E-state index in [9.17, 15) is 14.9 Å². The van der Waals surface area contributed by atoms with Crippen molar-refractivity contribution in [2.75, 3.05) is 13.7 Å². The van der Waals surface area contributed by atoms with Gasteiger partial charge in [-0.3, -0.25) is 19.5 Å². The summed E-state index contributed by atoms with van der Waals surface area (Å²) in [7, 11) is 1.61. The van der Waals surface area contributed by atoms with Gasteiger partial charge in [-0.05, 0) is 43.7 Å². The van der Waals surface area contributed by atoms with E-state index >= 15 is 0 Å². The van der Waals surface area contributed by atoms with Gasteiger partial charge in [0.15, 0.2) is 5.16 Å². The molecule has 3 aromatic rings. The van der Waals surface area contributed by atoms with E-state index in [2.05, 4.69) is 0 Å². The summed E-state index contributed by atoms with van der Waals surface area (Å²) in [5.74, 6) is 0. The minimum absolute atomic E-state index is 0.00908. The highest BCUT2D eigenvalue weighted by Gasteiger charge is 2.23. The minimum atomic E-state index is -0.393. The second kappa shape index (κ2) is 8.87. The molecule has 2 aromatic heterocycles. The van der Waals surface area contributed by atoms with E-state index in [1.807, 2.05) is 13.0 Å². The van der Waals surface area contributed by atoms with Crippen molar-refractivity contribution in [2.24, 2.45) is 0 Å². The number of thiophene rings is 1. The molecule has 9 heteroatoms. The van der Waals surface area contributed by atoms with Crippen LogP contribution >= 0.6 is 23.1 Å². The molecule has 1 aliphatic carbocycles. The third-order valence-corrected chi connectivity index (χ3v) is 7.73. The minimum Gasteiger partial charge on any atom is -0.383 e. The van der Waals surface area contributed by atoms with Crippen LogP contribution in [0.25, 0.3) is 10.2 Å². The lowest BCUT2D eigenvalue weighted by Crippen LogP contribution is -2.25. The molecule has 2 heterocycles. The second-order valence-electron chi connectivity index (χ2n) is 7.35. The van der Waals surface area contributed by atoms with Crippen LogP contribution in [0.4, 0.5) is 5.69 Å². The Hall–Kier alpha value is -2.23. The van der Waals surface area contributed by atoms with Gasteiger partial charge in [0.2, 0.25) is 0 Å². The van der Waals surface area contributed by atoms with Gasteiger partial charge >= 0.3 is 0 Å². The van der Waals surface area contributed by atoms with Gasteiger partial charge in [0, 0.05) is 29.4 Å². The molecule has 1 aromatic carbocycles. The van der Waals surface area contributed by atoms with E-state index in [1.165, 1.54) is 28.3 Å². The van der Waals surface area contributed by atoms with E-state index in [4.69, 9.17) is 9.72 Å². The largest absolute Gasteiger partial charge is 0.383 e. The molecule has 0 saturated carbocycles. The van der Waals surface area contributed by atoms with Crippen molar-refractivity contribution in [3.8, 4) is 0 Å². The Morgan fingerprint density at radius 3 is 2.93 bits per heavy atom. The van der Waals surface area contributed by atoms with Crippen molar-refractivity contribution in [1.82, 2.24) is 9.55 Å². The molecule has 0 spiro atoms. The predicted molar refractivity (Wildman–Crippen MR) is 120 cm³/mol. The highest BCUT2D eigenvalue weighted by Crippen LogP contribution is 2.38. The normalized spacial score (nSPS) is 14.6. The Balaban J connectivity index is 1.76. The number of fused-ring (bicyclic) bond motifs is 3. The third-order valence-electron chi connectivity index (χ3n) is 5.39. The lowest BCUT2D eigenvalue weighted by Gasteiger charge is -2.16. The molecule has 0 N–H and O–H groups in total. The molecule has 30 heavy (non-hydrogen) atoms. The number of hydrogen-bond donors (Lipinski definition) is 0. The Morgan fingerprint density at radius 2 is 2.17 bits per heavy atom. The third kappa shape index (κ3) is 4.01. The molecule has 0 bridgehead atoms. The van der Waals surface area contributed by atoms with Gasteiger partial charge in [-0.1, -0.05) is 23.9 Å². The molecule has 158 valence electrons. The SMILES string of the molecule is COCCn1c(SC(C)c2cccc([N+](=O)[O-])c2)nc2sc3c(c2c1=O)CCCC3.